The summed E-state index contributed by atoms with van der Waals surface area (Å²) in [6.07, 6.45) is 11.1. The predicted octanol–water partition coefficient (Wildman–Crippen LogP) is 4.26. The van der Waals surface area contributed by atoms with Crippen molar-refractivity contribution in [3.05, 3.63) is 11.6 Å². The molecule has 3 fully saturated rings. The van der Waals surface area contributed by atoms with Crippen molar-refractivity contribution < 1.29 is 14.3 Å². The van der Waals surface area contributed by atoms with Crippen LogP contribution >= 0.6 is 0 Å². The van der Waals surface area contributed by atoms with Crippen molar-refractivity contribution in [1.29, 1.82) is 0 Å². The van der Waals surface area contributed by atoms with Gasteiger partial charge in [-0.15, -0.1) is 0 Å². The molecule has 1 unspecified atom stereocenters. The van der Waals surface area contributed by atoms with Crippen molar-refractivity contribution in [2.75, 3.05) is 13.2 Å². The van der Waals surface area contributed by atoms with Crippen LogP contribution in [0.1, 0.15) is 65.7 Å². The van der Waals surface area contributed by atoms with Gasteiger partial charge in [0, 0.05) is 17.3 Å². The van der Waals surface area contributed by atoms with Crippen LogP contribution in [0.3, 0.4) is 0 Å². The number of aldehydes is 1. The number of ether oxygens (including phenoxy) is 2. The maximum atomic E-state index is 12.1. The normalized spacial score (nSPS) is 44.3. The molecule has 1 saturated heterocycles. The Morgan fingerprint density at radius 1 is 1.09 bits per heavy atom. The second-order valence-corrected chi connectivity index (χ2v) is 8.96. The van der Waals surface area contributed by atoms with E-state index in [9.17, 15) is 4.79 Å². The third kappa shape index (κ3) is 1.87. The van der Waals surface area contributed by atoms with Crippen LogP contribution < -0.4 is 0 Å². The minimum absolute atomic E-state index is 0.0240. The smallest absolute Gasteiger partial charge is 0.173 e. The molecule has 0 bridgehead atoms. The van der Waals surface area contributed by atoms with Gasteiger partial charge in [-0.1, -0.05) is 32.4 Å². The first kappa shape index (κ1) is 15.8. The molecule has 1 aliphatic heterocycles. The molecule has 1 spiro atoms. The van der Waals surface area contributed by atoms with Crippen molar-refractivity contribution in [1.82, 2.24) is 0 Å². The quantitative estimate of drug-likeness (QED) is 0.535. The molecule has 4 aliphatic rings. The Labute approximate surface area is 139 Å². The average molecular weight is 318 g/mol. The van der Waals surface area contributed by atoms with E-state index in [2.05, 4.69) is 26.8 Å². The summed E-state index contributed by atoms with van der Waals surface area (Å²) in [6.45, 7) is 8.51. The second-order valence-electron chi connectivity index (χ2n) is 8.96. The highest BCUT2D eigenvalue weighted by Gasteiger charge is 2.66. The lowest BCUT2D eigenvalue weighted by atomic mass is 9.43. The number of hydrogen-bond donors (Lipinski definition) is 0. The molecular formula is C20H30O3. The summed E-state index contributed by atoms with van der Waals surface area (Å²) in [5.41, 5.74) is 1.36. The van der Waals surface area contributed by atoms with Crippen LogP contribution in [0.5, 0.6) is 0 Å². The number of allylic oxidation sites excluding steroid dienone is 2. The number of carbonyl (C=O) groups is 1. The molecule has 23 heavy (non-hydrogen) atoms. The highest BCUT2D eigenvalue weighted by Crippen LogP contribution is 2.68. The Balaban J connectivity index is 1.78. The topological polar surface area (TPSA) is 35.5 Å². The van der Waals surface area contributed by atoms with Gasteiger partial charge in [0.2, 0.25) is 0 Å². The van der Waals surface area contributed by atoms with E-state index in [4.69, 9.17) is 9.47 Å². The molecule has 2 saturated carbocycles. The lowest BCUT2D eigenvalue weighted by Gasteiger charge is -2.63. The molecule has 3 aliphatic carbocycles. The SMILES string of the molecule is CC1(C)C2CC[C@@]3(C=O)CCCC=C3[C@@]2(C)CCC12OCCO2. The number of carbonyl (C=O) groups excluding carboxylic acids is 1. The molecule has 3 heteroatoms. The lowest BCUT2D eigenvalue weighted by molar-refractivity contribution is -0.284. The van der Waals surface area contributed by atoms with Gasteiger partial charge in [0.25, 0.3) is 0 Å². The number of rotatable bonds is 1. The number of hydrogen-bond acceptors (Lipinski definition) is 3. The molecule has 0 amide bonds. The molecule has 0 radical (unpaired) electrons. The Kier molecular flexibility index (Phi) is 3.39. The molecule has 0 aromatic heterocycles. The van der Waals surface area contributed by atoms with Gasteiger partial charge in [-0.25, -0.2) is 0 Å². The van der Waals surface area contributed by atoms with Gasteiger partial charge in [0.1, 0.15) is 6.29 Å². The van der Waals surface area contributed by atoms with Crippen LogP contribution in [-0.2, 0) is 14.3 Å². The van der Waals surface area contributed by atoms with Crippen LogP contribution in [0.15, 0.2) is 11.6 Å². The van der Waals surface area contributed by atoms with E-state index in [1.54, 1.807) is 0 Å². The third-order valence-corrected chi connectivity index (χ3v) is 7.78. The van der Waals surface area contributed by atoms with E-state index < -0.39 is 5.79 Å². The predicted molar refractivity (Wildman–Crippen MR) is 88.9 cm³/mol. The van der Waals surface area contributed by atoms with Crippen molar-refractivity contribution >= 4 is 6.29 Å². The second kappa shape index (κ2) is 4.92. The first-order chi connectivity index (χ1) is 10.9. The molecule has 0 N–H and O–H groups in total. The summed E-state index contributed by atoms with van der Waals surface area (Å²) in [7, 11) is 0. The summed E-state index contributed by atoms with van der Waals surface area (Å²) in [6, 6.07) is 0. The van der Waals surface area contributed by atoms with Crippen LogP contribution in [-0.4, -0.2) is 25.3 Å². The Morgan fingerprint density at radius 2 is 1.83 bits per heavy atom. The third-order valence-electron chi connectivity index (χ3n) is 7.78. The largest absolute Gasteiger partial charge is 0.347 e. The Hall–Kier alpha value is -0.670. The minimum atomic E-state index is -0.409. The first-order valence-corrected chi connectivity index (χ1v) is 9.36. The molecule has 4 rings (SSSR count). The standard InChI is InChI=1S/C20H30O3/c1-17(2)15-7-9-19(14-21)8-5-4-6-16(19)18(15,3)10-11-20(17)22-12-13-23-20/h6,14-15H,4-5,7-13H2,1-3H3/t15?,18-,19+/m0/s1. The fourth-order valence-electron chi connectivity index (χ4n) is 6.60. The molecule has 1 heterocycles. The number of fused-ring (bicyclic) bond motifs is 3. The van der Waals surface area contributed by atoms with Gasteiger partial charge in [-0.3, -0.25) is 0 Å². The molecule has 3 nitrogen and oxygen atoms in total. The average Bonchev–Trinajstić information content (AvgIpc) is 3.03. The zero-order valence-electron chi connectivity index (χ0n) is 14.8. The van der Waals surface area contributed by atoms with Gasteiger partial charge in [-0.05, 0) is 49.9 Å². The summed E-state index contributed by atoms with van der Waals surface area (Å²) in [4.78, 5) is 12.1. The van der Waals surface area contributed by atoms with Gasteiger partial charge >= 0.3 is 0 Å². The van der Waals surface area contributed by atoms with Gasteiger partial charge in [0.15, 0.2) is 5.79 Å². The van der Waals surface area contributed by atoms with Crippen LogP contribution in [0.4, 0.5) is 0 Å². The maximum absolute atomic E-state index is 12.1. The van der Waals surface area contributed by atoms with Gasteiger partial charge < -0.3 is 14.3 Å². The highest BCUT2D eigenvalue weighted by molar-refractivity contribution is 5.67. The summed E-state index contributed by atoms with van der Waals surface area (Å²) in [5, 5.41) is 0. The fourth-order valence-corrected chi connectivity index (χ4v) is 6.60. The van der Waals surface area contributed by atoms with E-state index in [0.29, 0.717) is 19.1 Å². The molecular weight excluding hydrogens is 288 g/mol. The van der Waals surface area contributed by atoms with Crippen LogP contribution in [0, 0.1) is 22.2 Å². The van der Waals surface area contributed by atoms with E-state index in [-0.39, 0.29) is 16.2 Å². The Morgan fingerprint density at radius 3 is 2.52 bits per heavy atom. The Bertz CT molecular complexity index is 543. The van der Waals surface area contributed by atoms with Crippen molar-refractivity contribution in [2.24, 2.45) is 22.2 Å². The van der Waals surface area contributed by atoms with E-state index in [1.165, 1.54) is 11.9 Å². The van der Waals surface area contributed by atoms with Crippen LogP contribution in [0.25, 0.3) is 0 Å². The summed E-state index contributed by atoms with van der Waals surface area (Å²) in [5.74, 6) is 0.104. The van der Waals surface area contributed by atoms with E-state index in [0.717, 1.165) is 44.9 Å². The highest BCUT2D eigenvalue weighted by atomic mass is 16.7. The first-order valence-electron chi connectivity index (χ1n) is 9.36. The van der Waals surface area contributed by atoms with Gasteiger partial charge in [0.05, 0.1) is 13.2 Å². The maximum Gasteiger partial charge on any atom is 0.173 e. The molecule has 0 aromatic carbocycles. The van der Waals surface area contributed by atoms with E-state index in [1.807, 2.05) is 0 Å². The molecule has 3 atom stereocenters. The van der Waals surface area contributed by atoms with Crippen LogP contribution in [0.2, 0.25) is 0 Å². The van der Waals surface area contributed by atoms with E-state index >= 15 is 0 Å². The molecule has 0 aromatic rings. The van der Waals surface area contributed by atoms with Crippen molar-refractivity contribution in [3.8, 4) is 0 Å². The summed E-state index contributed by atoms with van der Waals surface area (Å²) >= 11 is 0. The zero-order valence-corrected chi connectivity index (χ0v) is 14.8. The monoisotopic (exact) mass is 318 g/mol. The summed E-state index contributed by atoms with van der Waals surface area (Å²) < 4.78 is 12.3. The van der Waals surface area contributed by atoms with Crippen molar-refractivity contribution in [3.63, 3.8) is 0 Å². The fraction of sp³-hybridized carbons (Fsp3) is 0.850. The molecule has 128 valence electrons. The van der Waals surface area contributed by atoms with Gasteiger partial charge in [-0.2, -0.15) is 0 Å². The van der Waals surface area contributed by atoms with Crippen molar-refractivity contribution in [2.45, 2.75) is 71.5 Å². The zero-order chi connectivity index (χ0) is 16.3. The lowest BCUT2D eigenvalue weighted by Crippen LogP contribution is -2.62. The minimum Gasteiger partial charge on any atom is -0.347 e.